The van der Waals surface area contributed by atoms with E-state index >= 15 is 0 Å². The van der Waals surface area contributed by atoms with Gasteiger partial charge in [-0.25, -0.2) is 13.1 Å². The lowest BCUT2D eigenvalue weighted by Crippen LogP contribution is -2.48. The summed E-state index contributed by atoms with van der Waals surface area (Å²) in [7, 11) is 0.527. The van der Waals surface area contributed by atoms with Crippen LogP contribution in [0.25, 0.3) is 11.1 Å². The third kappa shape index (κ3) is 5.07. The third-order valence-electron chi connectivity index (χ3n) is 6.04. The van der Waals surface area contributed by atoms with Crippen LogP contribution >= 0.6 is 0 Å². The zero-order valence-electron chi connectivity index (χ0n) is 18.1. The van der Waals surface area contributed by atoms with E-state index in [9.17, 15) is 8.42 Å². The van der Waals surface area contributed by atoms with E-state index in [0.29, 0.717) is 6.54 Å². The first-order valence-corrected chi connectivity index (χ1v) is 12.1. The van der Waals surface area contributed by atoms with E-state index in [2.05, 4.69) is 32.2 Å². The number of likely N-dealkylation sites (N-methyl/N-ethyl adjacent to an activating group) is 1. The maximum atomic E-state index is 13.0. The second-order valence-electron chi connectivity index (χ2n) is 8.14. The largest absolute Gasteiger partial charge is 0.353 e. The molecule has 1 saturated heterocycles. The molecule has 0 amide bonds. The van der Waals surface area contributed by atoms with E-state index in [0.717, 1.165) is 43.0 Å². The van der Waals surface area contributed by atoms with Crippen LogP contribution in [0.2, 0.25) is 0 Å². The van der Waals surface area contributed by atoms with E-state index in [1.807, 2.05) is 61.8 Å². The van der Waals surface area contributed by atoms with Gasteiger partial charge in [0.25, 0.3) is 0 Å². The van der Waals surface area contributed by atoms with Gasteiger partial charge in [0.05, 0.1) is 10.9 Å². The van der Waals surface area contributed by atoms with Crippen molar-refractivity contribution in [2.24, 2.45) is 7.05 Å². The quantitative estimate of drug-likeness (QED) is 0.616. The Morgan fingerprint density at radius 1 is 0.839 bits per heavy atom. The normalized spacial score (nSPS) is 17.0. The van der Waals surface area contributed by atoms with Crippen molar-refractivity contribution in [1.29, 1.82) is 0 Å². The maximum absolute atomic E-state index is 13.0. The molecule has 1 aromatic heterocycles. The Bertz CT molecular complexity index is 1090. The second kappa shape index (κ2) is 9.36. The van der Waals surface area contributed by atoms with Gasteiger partial charge in [0.1, 0.15) is 0 Å². The molecular formula is C24H30N4O2S. The highest BCUT2D eigenvalue weighted by atomic mass is 32.2. The van der Waals surface area contributed by atoms with Gasteiger partial charge in [-0.3, -0.25) is 4.90 Å². The summed E-state index contributed by atoms with van der Waals surface area (Å²) in [6.45, 7) is 4.13. The first kappa shape index (κ1) is 21.8. The van der Waals surface area contributed by atoms with Gasteiger partial charge in [0.15, 0.2) is 0 Å². The molecule has 1 N–H and O–H groups in total. The lowest BCUT2D eigenvalue weighted by molar-refractivity contribution is 0.109. The number of nitrogens with zero attached hydrogens (tertiary/aromatic N) is 3. The monoisotopic (exact) mass is 438 g/mol. The number of aromatic nitrogens is 1. The van der Waals surface area contributed by atoms with Crippen LogP contribution in [0.5, 0.6) is 0 Å². The minimum atomic E-state index is -3.60. The number of sulfonamides is 1. The molecule has 1 aliphatic heterocycles. The lowest BCUT2D eigenvalue weighted by atomic mass is 10.1. The van der Waals surface area contributed by atoms with Crippen molar-refractivity contribution in [2.75, 3.05) is 39.8 Å². The molecule has 3 aromatic rings. The fraction of sp³-hybridized carbons (Fsp3) is 0.333. The summed E-state index contributed by atoms with van der Waals surface area (Å²) in [4.78, 5) is 4.96. The summed E-state index contributed by atoms with van der Waals surface area (Å²) in [5, 5.41) is 0. The second-order valence-corrected chi connectivity index (χ2v) is 9.91. The number of benzene rings is 2. The van der Waals surface area contributed by atoms with Crippen molar-refractivity contribution in [3.63, 3.8) is 0 Å². The van der Waals surface area contributed by atoms with Crippen molar-refractivity contribution >= 4 is 10.0 Å². The van der Waals surface area contributed by atoms with Gasteiger partial charge in [0, 0.05) is 51.7 Å². The summed E-state index contributed by atoms with van der Waals surface area (Å²) in [5.41, 5.74) is 3.18. The summed E-state index contributed by atoms with van der Waals surface area (Å²) < 4.78 is 31.0. The van der Waals surface area contributed by atoms with Crippen LogP contribution in [0.15, 0.2) is 77.8 Å². The number of nitrogens with one attached hydrogen (secondary N) is 1. The molecular weight excluding hydrogens is 408 g/mol. The fourth-order valence-corrected chi connectivity index (χ4v) is 5.14. The Hall–Kier alpha value is -2.45. The Morgan fingerprint density at radius 2 is 1.48 bits per heavy atom. The predicted molar refractivity (Wildman–Crippen MR) is 124 cm³/mol. The van der Waals surface area contributed by atoms with E-state index in [1.165, 1.54) is 0 Å². The average Bonchev–Trinajstić information content (AvgIpc) is 3.21. The Balaban J connectivity index is 1.50. The smallest absolute Gasteiger partial charge is 0.240 e. The molecule has 1 aliphatic rings. The van der Waals surface area contributed by atoms with Crippen LogP contribution in [0, 0.1) is 0 Å². The highest BCUT2D eigenvalue weighted by molar-refractivity contribution is 7.89. The van der Waals surface area contributed by atoms with Crippen LogP contribution in [0.4, 0.5) is 0 Å². The van der Waals surface area contributed by atoms with Crippen molar-refractivity contribution in [3.8, 4) is 11.1 Å². The predicted octanol–water partition coefficient (Wildman–Crippen LogP) is 2.96. The Morgan fingerprint density at radius 3 is 2.10 bits per heavy atom. The van der Waals surface area contributed by atoms with Gasteiger partial charge >= 0.3 is 0 Å². The maximum Gasteiger partial charge on any atom is 0.240 e. The molecule has 1 fully saturated rings. The van der Waals surface area contributed by atoms with Gasteiger partial charge < -0.3 is 9.47 Å². The van der Waals surface area contributed by atoms with Crippen LogP contribution in [-0.2, 0) is 17.1 Å². The Labute approximate surface area is 185 Å². The van der Waals surface area contributed by atoms with E-state index in [-0.39, 0.29) is 10.9 Å². The van der Waals surface area contributed by atoms with Crippen molar-refractivity contribution in [2.45, 2.75) is 10.9 Å². The number of rotatable bonds is 7. The SMILES string of the molecule is CN1CCN(C(CNS(=O)(=O)c2ccc(-c3ccccc3)cc2)c2cccn2C)CC1. The Kier molecular flexibility index (Phi) is 6.57. The molecule has 6 nitrogen and oxygen atoms in total. The standard InChI is InChI=1S/C24H30N4O2S/c1-26-15-17-28(18-16-26)24(23-9-6-14-27(23)2)19-25-31(29,30)22-12-10-21(11-13-22)20-7-4-3-5-8-20/h3-14,24-25H,15-19H2,1-2H3. The molecule has 31 heavy (non-hydrogen) atoms. The molecule has 0 aliphatic carbocycles. The number of aryl methyl sites for hydroxylation is 1. The topological polar surface area (TPSA) is 57.6 Å². The lowest BCUT2D eigenvalue weighted by Gasteiger charge is -2.38. The van der Waals surface area contributed by atoms with E-state index in [1.54, 1.807) is 12.1 Å². The third-order valence-corrected chi connectivity index (χ3v) is 7.48. The summed E-state index contributed by atoms with van der Waals surface area (Å²) in [5.74, 6) is 0. The zero-order valence-corrected chi connectivity index (χ0v) is 18.9. The summed E-state index contributed by atoms with van der Waals surface area (Å²) >= 11 is 0. The van der Waals surface area contributed by atoms with Gasteiger partial charge in [0.2, 0.25) is 10.0 Å². The first-order valence-electron chi connectivity index (χ1n) is 10.6. The number of piperazine rings is 1. The van der Waals surface area contributed by atoms with Crippen molar-refractivity contribution in [1.82, 2.24) is 19.1 Å². The van der Waals surface area contributed by atoms with Crippen LogP contribution in [0.1, 0.15) is 11.7 Å². The number of hydrogen-bond acceptors (Lipinski definition) is 4. The fourth-order valence-electron chi connectivity index (χ4n) is 4.10. The molecule has 7 heteroatoms. The van der Waals surface area contributed by atoms with Crippen LogP contribution < -0.4 is 4.72 Å². The minimum Gasteiger partial charge on any atom is -0.353 e. The molecule has 0 radical (unpaired) electrons. The summed E-state index contributed by atoms with van der Waals surface area (Å²) in [6, 6.07) is 21.1. The zero-order chi connectivity index (χ0) is 21.8. The average molecular weight is 439 g/mol. The molecule has 2 heterocycles. The van der Waals surface area contributed by atoms with Gasteiger partial charge in [-0.1, -0.05) is 42.5 Å². The molecule has 0 saturated carbocycles. The van der Waals surface area contributed by atoms with Gasteiger partial charge in [-0.05, 0) is 42.4 Å². The van der Waals surface area contributed by atoms with Gasteiger partial charge in [-0.2, -0.15) is 0 Å². The van der Waals surface area contributed by atoms with E-state index < -0.39 is 10.0 Å². The van der Waals surface area contributed by atoms with Crippen LogP contribution in [0.3, 0.4) is 0 Å². The molecule has 0 bridgehead atoms. The highest BCUT2D eigenvalue weighted by Crippen LogP contribution is 2.24. The minimum absolute atomic E-state index is 0.00735. The molecule has 4 rings (SSSR count). The first-order chi connectivity index (χ1) is 14.9. The molecule has 1 unspecified atom stereocenters. The molecule has 0 spiro atoms. The molecule has 1 atom stereocenters. The van der Waals surface area contributed by atoms with Crippen molar-refractivity contribution in [3.05, 3.63) is 78.6 Å². The molecule has 164 valence electrons. The molecule has 2 aromatic carbocycles. The number of hydrogen-bond donors (Lipinski definition) is 1. The van der Waals surface area contributed by atoms with Gasteiger partial charge in [-0.15, -0.1) is 0 Å². The van der Waals surface area contributed by atoms with E-state index in [4.69, 9.17) is 0 Å². The van der Waals surface area contributed by atoms with Crippen LogP contribution in [-0.4, -0.2) is 62.6 Å². The summed E-state index contributed by atoms with van der Waals surface area (Å²) in [6.07, 6.45) is 2.01. The van der Waals surface area contributed by atoms with Crippen molar-refractivity contribution < 1.29 is 8.42 Å². The highest BCUT2D eigenvalue weighted by Gasteiger charge is 2.27.